The summed E-state index contributed by atoms with van der Waals surface area (Å²) in [6, 6.07) is 7.84. The van der Waals surface area contributed by atoms with Gasteiger partial charge in [-0.25, -0.2) is 4.98 Å². The van der Waals surface area contributed by atoms with Crippen molar-refractivity contribution in [3.63, 3.8) is 0 Å². The van der Waals surface area contributed by atoms with E-state index in [0.717, 1.165) is 5.56 Å². The number of rotatable bonds is 5. The molecule has 1 aromatic heterocycles. The summed E-state index contributed by atoms with van der Waals surface area (Å²) in [5, 5.41) is 10.8. The summed E-state index contributed by atoms with van der Waals surface area (Å²) in [4.78, 5) is 21.0. The lowest BCUT2D eigenvalue weighted by atomic mass is 9.90. The maximum Gasteiger partial charge on any atom is 0.244 e. The molecule has 1 unspecified atom stereocenters. The van der Waals surface area contributed by atoms with Crippen molar-refractivity contribution in [3.8, 4) is 0 Å². The Morgan fingerprint density at radius 3 is 2.46 bits per heavy atom. The van der Waals surface area contributed by atoms with Crippen molar-refractivity contribution in [1.82, 2.24) is 19.4 Å². The molecule has 3 rings (SSSR count). The van der Waals surface area contributed by atoms with Crippen LogP contribution in [0.5, 0.6) is 0 Å². The zero-order chi connectivity index (χ0) is 18.7. The molecule has 6 nitrogen and oxygen atoms in total. The minimum Gasteiger partial charge on any atom is -0.388 e. The number of piperidine rings is 1. The van der Waals surface area contributed by atoms with Gasteiger partial charge in [-0.3, -0.25) is 9.69 Å². The summed E-state index contributed by atoms with van der Waals surface area (Å²) in [7, 11) is 3.86. The van der Waals surface area contributed by atoms with Crippen LogP contribution in [0.4, 0.5) is 0 Å². The maximum atomic E-state index is 13.1. The number of likely N-dealkylation sites (N-methyl/N-ethyl adjacent to an activating group) is 1. The monoisotopic (exact) mass is 356 g/mol. The van der Waals surface area contributed by atoms with Crippen molar-refractivity contribution >= 4 is 5.91 Å². The van der Waals surface area contributed by atoms with Gasteiger partial charge in [0.15, 0.2) is 0 Å². The van der Waals surface area contributed by atoms with Gasteiger partial charge < -0.3 is 14.6 Å². The predicted molar refractivity (Wildman–Crippen MR) is 101 cm³/mol. The number of carbonyl (C=O) groups excluding carboxylic acids is 1. The highest BCUT2D eigenvalue weighted by molar-refractivity contribution is 5.83. The van der Waals surface area contributed by atoms with Crippen LogP contribution in [0.1, 0.15) is 30.0 Å². The largest absolute Gasteiger partial charge is 0.388 e. The molecule has 1 amide bonds. The van der Waals surface area contributed by atoms with E-state index in [2.05, 4.69) is 4.98 Å². The van der Waals surface area contributed by atoms with Gasteiger partial charge >= 0.3 is 0 Å². The van der Waals surface area contributed by atoms with Gasteiger partial charge in [0.25, 0.3) is 0 Å². The molecule has 26 heavy (non-hydrogen) atoms. The summed E-state index contributed by atoms with van der Waals surface area (Å²) >= 11 is 0. The van der Waals surface area contributed by atoms with Gasteiger partial charge in [0.05, 0.1) is 18.5 Å². The van der Waals surface area contributed by atoms with Crippen molar-refractivity contribution in [2.24, 2.45) is 0 Å². The Morgan fingerprint density at radius 2 is 1.92 bits per heavy atom. The maximum absolute atomic E-state index is 13.1. The number of hydrogen-bond donors (Lipinski definition) is 1. The fourth-order valence-electron chi connectivity index (χ4n) is 3.60. The van der Waals surface area contributed by atoms with Crippen molar-refractivity contribution in [2.45, 2.75) is 38.0 Å². The molecule has 140 valence electrons. The molecular weight excluding hydrogens is 328 g/mol. The Labute approximate surface area is 155 Å². The minimum atomic E-state index is -0.783. The van der Waals surface area contributed by atoms with E-state index >= 15 is 0 Å². The van der Waals surface area contributed by atoms with Crippen LogP contribution in [0.25, 0.3) is 0 Å². The van der Waals surface area contributed by atoms with Gasteiger partial charge in [-0.05, 0) is 39.4 Å². The molecule has 0 radical (unpaired) electrons. The third-order valence-electron chi connectivity index (χ3n) is 5.19. The highest BCUT2D eigenvalue weighted by atomic mass is 16.3. The van der Waals surface area contributed by atoms with Crippen LogP contribution >= 0.6 is 0 Å². The van der Waals surface area contributed by atoms with Crippen molar-refractivity contribution in [1.29, 1.82) is 0 Å². The van der Waals surface area contributed by atoms with E-state index in [9.17, 15) is 9.90 Å². The number of aromatic nitrogens is 2. The first kappa shape index (κ1) is 18.6. The summed E-state index contributed by atoms with van der Waals surface area (Å²) < 4.78 is 1.90. The van der Waals surface area contributed by atoms with E-state index in [0.29, 0.717) is 32.5 Å². The first-order valence-corrected chi connectivity index (χ1v) is 9.08. The van der Waals surface area contributed by atoms with Crippen LogP contribution in [-0.2, 0) is 11.3 Å². The van der Waals surface area contributed by atoms with Gasteiger partial charge in [-0.1, -0.05) is 29.8 Å². The number of nitrogens with zero attached hydrogens (tertiary/aromatic N) is 4. The number of aliphatic hydroxyl groups is 1. The van der Waals surface area contributed by atoms with Gasteiger partial charge in [0.1, 0.15) is 6.04 Å². The molecule has 1 aliphatic heterocycles. The molecular formula is C20H28N4O2. The van der Waals surface area contributed by atoms with Gasteiger partial charge in [-0.15, -0.1) is 0 Å². The second-order valence-electron chi connectivity index (χ2n) is 7.56. The third-order valence-corrected chi connectivity index (χ3v) is 5.19. The van der Waals surface area contributed by atoms with Crippen LogP contribution < -0.4 is 0 Å². The summed E-state index contributed by atoms with van der Waals surface area (Å²) in [6.07, 6.45) is 6.44. The number of amides is 1. The Bertz CT molecular complexity index is 717. The lowest BCUT2D eigenvalue weighted by molar-refractivity contribution is -0.141. The normalized spacial score (nSPS) is 18.1. The Balaban J connectivity index is 1.67. The Kier molecular flexibility index (Phi) is 5.44. The number of imidazole rings is 1. The Morgan fingerprint density at radius 1 is 1.27 bits per heavy atom. The number of benzene rings is 1. The summed E-state index contributed by atoms with van der Waals surface area (Å²) in [5.74, 6) is 0.100. The van der Waals surface area contributed by atoms with Crippen LogP contribution in [0, 0.1) is 6.92 Å². The first-order valence-electron chi connectivity index (χ1n) is 9.08. The molecule has 1 aliphatic rings. The highest BCUT2D eigenvalue weighted by Crippen LogP contribution is 2.28. The van der Waals surface area contributed by atoms with Gasteiger partial charge in [-0.2, -0.15) is 0 Å². The SMILES string of the molecule is Cc1ccc(C(C(=O)N2CCC(O)(Cn3ccnc3)CC2)N(C)C)cc1. The van der Waals surface area contributed by atoms with E-state index in [4.69, 9.17) is 0 Å². The molecule has 1 saturated heterocycles. The second-order valence-corrected chi connectivity index (χ2v) is 7.56. The van der Waals surface area contributed by atoms with E-state index in [-0.39, 0.29) is 11.9 Å². The number of likely N-dealkylation sites (tertiary alicyclic amines) is 1. The van der Waals surface area contributed by atoms with Crippen molar-refractivity contribution in [3.05, 3.63) is 54.1 Å². The molecule has 1 N–H and O–H groups in total. The number of aryl methyl sites for hydroxylation is 1. The van der Waals surface area contributed by atoms with Crippen LogP contribution in [0.2, 0.25) is 0 Å². The van der Waals surface area contributed by atoms with E-state index in [1.807, 2.05) is 65.8 Å². The minimum absolute atomic E-state index is 0.100. The molecule has 0 saturated carbocycles. The lowest BCUT2D eigenvalue weighted by Crippen LogP contribution is -2.51. The Hall–Kier alpha value is -2.18. The molecule has 0 bridgehead atoms. The third kappa shape index (κ3) is 4.14. The molecule has 0 aliphatic carbocycles. The topological polar surface area (TPSA) is 61.6 Å². The molecule has 0 spiro atoms. The average molecular weight is 356 g/mol. The van der Waals surface area contributed by atoms with Crippen LogP contribution in [-0.4, -0.2) is 63.2 Å². The quantitative estimate of drug-likeness (QED) is 0.888. The number of carbonyl (C=O) groups is 1. The van der Waals surface area contributed by atoms with Crippen LogP contribution in [0.15, 0.2) is 43.0 Å². The molecule has 2 heterocycles. The highest BCUT2D eigenvalue weighted by Gasteiger charge is 2.36. The van der Waals surface area contributed by atoms with E-state index in [1.54, 1.807) is 12.5 Å². The standard InChI is InChI=1S/C20H28N4O2/c1-16-4-6-17(7-5-16)18(22(2)3)19(25)24-11-8-20(26,9-12-24)14-23-13-10-21-15-23/h4-7,10,13,15,18,26H,8-9,11-12,14H2,1-3H3. The molecule has 1 fully saturated rings. The van der Waals surface area contributed by atoms with E-state index in [1.165, 1.54) is 5.56 Å². The van der Waals surface area contributed by atoms with E-state index < -0.39 is 5.60 Å². The predicted octanol–water partition coefficient (Wildman–Crippen LogP) is 1.85. The molecule has 2 aromatic rings. The number of hydrogen-bond acceptors (Lipinski definition) is 4. The van der Waals surface area contributed by atoms with Crippen molar-refractivity contribution < 1.29 is 9.90 Å². The molecule has 6 heteroatoms. The summed E-state index contributed by atoms with van der Waals surface area (Å²) in [5.41, 5.74) is 1.40. The lowest BCUT2D eigenvalue weighted by Gasteiger charge is -2.40. The zero-order valence-electron chi connectivity index (χ0n) is 15.8. The first-order chi connectivity index (χ1) is 12.4. The van der Waals surface area contributed by atoms with Gasteiger partial charge in [0.2, 0.25) is 5.91 Å². The second kappa shape index (κ2) is 7.60. The van der Waals surface area contributed by atoms with Crippen molar-refractivity contribution in [2.75, 3.05) is 27.2 Å². The zero-order valence-corrected chi connectivity index (χ0v) is 15.8. The molecule has 1 atom stereocenters. The molecule has 1 aromatic carbocycles. The van der Waals surface area contributed by atoms with Crippen LogP contribution in [0.3, 0.4) is 0 Å². The smallest absolute Gasteiger partial charge is 0.244 e. The average Bonchev–Trinajstić information content (AvgIpc) is 3.09. The fourth-order valence-corrected chi connectivity index (χ4v) is 3.60. The van der Waals surface area contributed by atoms with Gasteiger partial charge in [0, 0.05) is 25.5 Å². The fraction of sp³-hybridized carbons (Fsp3) is 0.500. The summed E-state index contributed by atoms with van der Waals surface area (Å²) in [6.45, 7) is 3.70.